The Balaban J connectivity index is 1.72. The third kappa shape index (κ3) is 2.30. The first-order valence-corrected chi connectivity index (χ1v) is 9.84. The van der Waals surface area contributed by atoms with Crippen molar-refractivity contribution in [1.82, 2.24) is 0 Å². The first-order valence-electron chi connectivity index (χ1n) is 9.84. The Labute approximate surface area is 141 Å². The number of aliphatic hydroxyl groups is 1. The van der Waals surface area contributed by atoms with E-state index in [1.165, 1.54) is 44.1 Å². The third-order valence-electron chi connectivity index (χ3n) is 7.82. The fourth-order valence-corrected chi connectivity index (χ4v) is 6.54. The summed E-state index contributed by atoms with van der Waals surface area (Å²) >= 11 is 0. The van der Waals surface area contributed by atoms with E-state index in [0.717, 1.165) is 30.6 Å². The zero-order valence-corrected chi connectivity index (χ0v) is 15.1. The summed E-state index contributed by atoms with van der Waals surface area (Å²) in [5, 5.41) is 10.1. The lowest BCUT2D eigenvalue weighted by atomic mass is 9.49. The van der Waals surface area contributed by atoms with Crippen molar-refractivity contribution in [2.45, 2.75) is 84.2 Å². The molecule has 0 heterocycles. The highest BCUT2D eigenvalue weighted by molar-refractivity contribution is 5.45. The van der Waals surface area contributed by atoms with E-state index in [1.807, 2.05) is 0 Å². The number of fused-ring (bicyclic) bond motifs is 5. The Morgan fingerprint density at radius 2 is 2.00 bits per heavy atom. The molecule has 126 valence electrons. The van der Waals surface area contributed by atoms with Gasteiger partial charge in [0.2, 0.25) is 0 Å². The molecule has 3 aliphatic rings. The minimum absolute atomic E-state index is 0.0326. The molecule has 1 nitrogen and oxygen atoms in total. The Bertz CT molecular complexity index is 604. The summed E-state index contributed by atoms with van der Waals surface area (Å²) in [6.07, 6.45) is 9.79. The van der Waals surface area contributed by atoms with Crippen LogP contribution in [0.1, 0.15) is 80.5 Å². The molecule has 1 aromatic rings. The van der Waals surface area contributed by atoms with E-state index in [0.29, 0.717) is 5.41 Å². The van der Waals surface area contributed by atoms with Gasteiger partial charge in [-0.05, 0) is 104 Å². The predicted octanol–water partition coefficient (Wildman–Crippen LogP) is 5.16. The molecular formula is C22H32O. The van der Waals surface area contributed by atoms with E-state index < -0.39 is 0 Å². The molecule has 0 radical (unpaired) electrons. The lowest BCUT2D eigenvalue weighted by Crippen LogP contribution is -2.48. The minimum Gasteiger partial charge on any atom is -0.393 e. The summed E-state index contributed by atoms with van der Waals surface area (Å²) in [6, 6.07) is 4.83. The number of aryl methyl sites for hydroxylation is 1. The van der Waals surface area contributed by atoms with Crippen LogP contribution >= 0.6 is 0 Å². The van der Waals surface area contributed by atoms with Crippen LogP contribution in [0, 0.1) is 24.2 Å². The lowest BCUT2D eigenvalue weighted by Gasteiger charge is -2.56. The van der Waals surface area contributed by atoms with Crippen LogP contribution < -0.4 is 0 Å². The maximum atomic E-state index is 10.1. The van der Waals surface area contributed by atoms with E-state index in [1.54, 1.807) is 16.7 Å². The second kappa shape index (κ2) is 5.62. The highest BCUT2D eigenvalue weighted by atomic mass is 16.3. The molecule has 1 aromatic carbocycles. The molecule has 0 saturated heterocycles. The zero-order chi connectivity index (χ0) is 16.2. The normalized spacial score (nSPS) is 39.3. The summed E-state index contributed by atoms with van der Waals surface area (Å²) in [5.41, 5.74) is 6.98. The molecule has 4 rings (SSSR count). The summed E-state index contributed by atoms with van der Waals surface area (Å²) in [7, 11) is 0. The van der Waals surface area contributed by atoms with Gasteiger partial charge in [-0.25, -0.2) is 0 Å². The van der Waals surface area contributed by atoms with Crippen LogP contribution in [0.15, 0.2) is 12.1 Å². The Kier molecular flexibility index (Phi) is 3.83. The monoisotopic (exact) mass is 312 g/mol. The van der Waals surface area contributed by atoms with Crippen molar-refractivity contribution < 1.29 is 5.11 Å². The zero-order valence-electron chi connectivity index (χ0n) is 15.1. The van der Waals surface area contributed by atoms with Gasteiger partial charge in [-0.15, -0.1) is 0 Å². The molecule has 0 spiro atoms. The van der Waals surface area contributed by atoms with Crippen LogP contribution in [0.25, 0.3) is 0 Å². The van der Waals surface area contributed by atoms with Crippen LogP contribution in [0.3, 0.4) is 0 Å². The highest BCUT2D eigenvalue weighted by Crippen LogP contribution is 2.61. The van der Waals surface area contributed by atoms with Crippen molar-refractivity contribution in [2.24, 2.45) is 17.3 Å². The van der Waals surface area contributed by atoms with Crippen LogP contribution in [-0.4, -0.2) is 11.2 Å². The minimum atomic E-state index is -0.0326. The maximum Gasteiger partial charge on any atom is 0.0543 e. The first kappa shape index (κ1) is 15.7. The molecule has 1 N–H and O–H groups in total. The van der Waals surface area contributed by atoms with Gasteiger partial charge < -0.3 is 5.11 Å². The van der Waals surface area contributed by atoms with E-state index in [4.69, 9.17) is 0 Å². The van der Waals surface area contributed by atoms with Crippen LogP contribution in [0.4, 0.5) is 0 Å². The number of benzene rings is 1. The summed E-state index contributed by atoms with van der Waals surface area (Å²) in [6.45, 7) is 7.15. The average molecular weight is 312 g/mol. The number of rotatable bonds is 1. The Morgan fingerprint density at radius 3 is 2.78 bits per heavy atom. The van der Waals surface area contributed by atoms with Gasteiger partial charge in [0.25, 0.3) is 0 Å². The second-order valence-corrected chi connectivity index (χ2v) is 8.74. The van der Waals surface area contributed by atoms with Crippen molar-refractivity contribution in [3.63, 3.8) is 0 Å². The molecule has 1 heteroatoms. The first-order chi connectivity index (χ1) is 11.0. The van der Waals surface area contributed by atoms with Crippen molar-refractivity contribution in [2.75, 3.05) is 0 Å². The van der Waals surface area contributed by atoms with Crippen molar-refractivity contribution in [1.29, 1.82) is 0 Å². The van der Waals surface area contributed by atoms with Crippen LogP contribution in [-0.2, 0) is 12.8 Å². The van der Waals surface area contributed by atoms with Crippen LogP contribution in [0.2, 0.25) is 0 Å². The molecule has 3 aliphatic carbocycles. The smallest absolute Gasteiger partial charge is 0.0543 e. The summed E-state index contributed by atoms with van der Waals surface area (Å²) in [4.78, 5) is 0. The molecule has 5 atom stereocenters. The molecule has 2 fully saturated rings. The van der Waals surface area contributed by atoms with Gasteiger partial charge in [-0.3, -0.25) is 0 Å². The van der Waals surface area contributed by atoms with Gasteiger partial charge in [0.05, 0.1) is 6.10 Å². The Morgan fingerprint density at radius 1 is 1.17 bits per heavy atom. The highest BCUT2D eigenvalue weighted by Gasteiger charge is 2.51. The van der Waals surface area contributed by atoms with Crippen molar-refractivity contribution in [3.05, 3.63) is 34.4 Å². The topological polar surface area (TPSA) is 20.2 Å². The van der Waals surface area contributed by atoms with E-state index in [9.17, 15) is 5.11 Å². The van der Waals surface area contributed by atoms with E-state index in [-0.39, 0.29) is 6.10 Å². The van der Waals surface area contributed by atoms with Gasteiger partial charge >= 0.3 is 0 Å². The van der Waals surface area contributed by atoms with Gasteiger partial charge in [0.1, 0.15) is 0 Å². The van der Waals surface area contributed by atoms with E-state index >= 15 is 0 Å². The van der Waals surface area contributed by atoms with Gasteiger partial charge in [-0.2, -0.15) is 0 Å². The van der Waals surface area contributed by atoms with Crippen LogP contribution in [0.5, 0.6) is 0 Å². The number of hydrogen-bond donors (Lipinski definition) is 1. The van der Waals surface area contributed by atoms with E-state index in [2.05, 4.69) is 32.9 Å². The number of hydrogen-bond acceptors (Lipinski definition) is 1. The standard InChI is InChI=1S/C22H32O/c1-4-17-14(2)5-7-19-18(17)9-10-21-20(19)8-6-15-13-16(23)11-12-22(15,21)3/h5,7,15-16,20-21,23H,4,6,8-13H2,1-3H3/t15-,16+,20-,21-,22-/m1/s1. The fourth-order valence-electron chi connectivity index (χ4n) is 6.54. The van der Waals surface area contributed by atoms with Gasteiger partial charge in [0.15, 0.2) is 0 Å². The molecule has 0 unspecified atom stereocenters. The summed E-state index contributed by atoms with van der Waals surface area (Å²) < 4.78 is 0. The molecule has 23 heavy (non-hydrogen) atoms. The molecular weight excluding hydrogens is 280 g/mol. The fraction of sp³-hybridized carbons (Fsp3) is 0.727. The molecule has 0 amide bonds. The SMILES string of the molecule is CCc1c(C)ccc2c1CC[C@@H]1[C@@H]2CC[C@@H]2C[C@@H](O)CC[C@]21C. The molecule has 0 aliphatic heterocycles. The van der Waals surface area contributed by atoms with Gasteiger partial charge in [0, 0.05) is 0 Å². The molecule has 0 bridgehead atoms. The molecule has 2 saturated carbocycles. The average Bonchev–Trinajstić information content (AvgIpc) is 2.55. The third-order valence-corrected chi connectivity index (χ3v) is 7.82. The maximum absolute atomic E-state index is 10.1. The second-order valence-electron chi connectivity index (χ2n) is 8.74. The Hall–Kier alpha value is -0.820. The van der Waals surface area contributed by atoms with Crippen molar-refractivity contribution >= 4 is 0 Å². The molecule has 0 aromatic heterocycles. The number of aliphatic hydroxyl groups excluding tert-OH is 1. The predicted molar refractivity (Wildman–Crippen MR) is 95.8 cm³/mol. The van der Waals surface area contributed by atoms with Gasteiger partial charge in [-0.1, -0.05) is 26.0 Å². The largest absolute Gasteiger partial charge is 0.393 e. The lowest BCUT2D eigenvalue weighted by molar-refractivity contribution is -0.0606. The van der Waals surface area contributed by atoms with Crippen molar-refractivity contribution in [3.8, 4) is 0 Å². The quantitative estimate of drug-likeness (QED) is 0.759. The summed E-state index contributed by atoms with van der Waals surface area (Å²) in [5.74, 6) is 2.37.